The number of halogens is 1. The van der Waals surface area contributed by atoms with E-state index in [1.54, 1.807) is 6.20 Å². The van der Waals surface area contributed by atoms with Crippen LogP contribution >= 0.6 is 0 Å². The number of hydrogen-bond donors (Lipinski definition) is 3. The van der Waals surface area contributed by atoms with Crippen LogP contribution in [0.4, 0.5) is 10.1 Å². The smallest absolute Gasteiger partial charge is 0.196 e. The zero-order chi connectivity index (χ0) is 11.7. The van der Waals surface area contributed by atoms with Crippen LogP contribution in [-0.2, 0) is 0 Å². The molecule has 1 atom stereocenters. The summed E-state index contributed by atoms with van der Waals surface area (Å²) in [5.74, 6) is 0.604. The van der Waals surface area contributed by atoms with Crippen LogP contribution in [0.5, 0.6) is 0 Å². The van der Waals surface area contributed by atoms with Gasteiger partial charge in [-0.2, -0.15) is 5.10 Å². The van der Waals surface area contributed by atoms with Gasteiger partial charge in [0, 0.05) is 5.39 Å². The number of aliphatic imine (C=N–C) groups is 1. The van der Waals surface area contributed by atoms with Gasteiger partial charge in [0.25, 0.3) is 0 Å². The van der Waals surface area contributed by atoms with Gasteiger partial charge in [-0.3, -0.25) is 5.10 Å². The Morgan fingerprint density at radius 2 is 2.35 bits per heavy atom. The molecule has 3 N–H and O–H groups in total. The zero-order valence-corrected chi connectivity index (χ0v) is 9.07. The number of nitrogens with one attached hydrogen (secondary N) is 3. The number of rotatable bonds is 1. The third-order valence-corrected chi connectivity index (χ3v) is 2.68. The van der Waals surface area contributed by atoms with E-state index >= 15 is 0 Å². The average molecular weight is 233 g/mol. The van der Waals surface area contributed by atoms with Crippen LogP contribution in [0.3, 0.4) is 0 Å². The van der Waals surface area contributed by atoms with Gasteiger partial charge in [-0.15, -0.1) is 0 Å². The second kappa shape index (κ2) is 4.04. The van der Waals surface area contributed by atoms with E-state index in [4.69, 9.17) is 0 Å². The van der Waals surface area contributed by atoms with Gasteiger partial charge in [-0.25, -0.2) is 9.38 Å². The predicted molar refractivity (Wildman–Crippen MR) is 64.9 cm³/mol. The zero-order valence-electron chi connectivity index (χ0n) is 9.07. The van der Waals surface area contributed by atoms with Gasteiger partial charge in [0.2, 0.25) is 0 Å². The van der Waals surface area contributed by atoms with Gasteiger partial charge in [0.05, 0.1) is 30.5 Å². The highest BCUT2D eigenvalue weighted by Gasteiger charge is 2.14. The lowest BCUT2D eigenvalue weighted by Crippen LogP contribution is -2.40. The number of benzene rings is 1. The fraction of sp³-hybridized carbons (Fsp3) is 0.273. The van der Waals surface area contributed by atoms with Crippen LogP contribution in [0.25, 0.3) is 10.9 Å². The number of fused-ring (bicyclic) bond motifs is 1. The molecule has 1 aromatic carbocycles. The van der Waals surface area contributed by atoms with Crippen molar-refractivity contribution in [3.8, 4) is 0 Å². The molecule has 2 heterocycles. The van der Waals surface area contributed by atoms with Gasteiger partial charge in [0.1, 0.15) is 6.17 Å². The van der Waals surface area contributed by atoms with E-state index in [2.05, 4.69) is 25.8 Å². The first kappa shape index (κ1) is 10.1. The van der Waals surface area contributed by atoms with E-state index in [0.717, 1.165) is 16.6 Å². The number of H-pyrrole nitrogens is 1. The summed E-state index contributed by atoms with van der Waals surface area (Å²) >= 11 is 0. The van der Waals surface area contributed by atoms with Crippen molar-refractivity contribution in [2.24, 2.45) is 4.99 Å². The lowest BCUT2D eigenvalue weighted by Gasteiger charge is -2.18. The molecule has 88 valence electrons. The van der Waals surface area contributed by atoms with Crippen LogP contribution in [-0.4, -0.2) is 35.4 Å². The van der Waals surface area contributed by atoms with Gasteiger partial charge < -0.3 is 10.6 Å². The molecular formula is C11H12FN5. The van der Waals surface area contributed by atoms with Crippen molar-refractivity contribution in [3.05, 3.63) is 24.4 Å². The highest BCUT2D eigenvalue weighted by atomic mass is 19.1. The third-order valence-electron chi connectivity index (χ3n) is 2.68. The maximum absolute atomic E-state index is 12.9. The Hall–Kier alpha value is -2.11. The molecule has 0 bridgehead atoms. The third kappa shape index (κ3) is 1.93. The lowest BCUT2D eigenvalue weighted by molar-refractivity contribution is 0.332. The normalized spacial score (nSPS) is 19.8. The fourth-order valence-electron chi connectivity index (χ4n) is 1.81. The number of anilines is 1. The summed E-state index contributed by atoms with van der Waals surface area (Å²) in [7, 11) is 0. The number of guanidine groups is 1. The Morgan fingerprint density at radius 1 is 1.41 bits per heavy atom. The van der Waals surface area contributed by atoms with E-state index in [0.29, 0.717) is 12.5 Å². The minimum atomic E-state index is -0.898. The van der Waals surface area contributed by atoms with Crippen molar-refractivity contribution < 1.29 is 4.39 Å². The lowest BCUT2D eigenvalue weighted by atomic mass is 10.2. The van der Waals surface area contributed by atoms with Crippen LogP contribution in [0.1, 0.15) is 0 Å². The first-order chi connectivity index (χ1) is 8.33. The summed E-state index contributed by atoms with van der Waals surface area (Å²) in [5, 5.41) is 13.9. The number of nitrogens with zero attached hydrogens (tertiary/aromatic N) is 2. The first-order valence-electron chi connectivity index (χ1n) is 5.44. The van der Waals surface area contributed by atoms with Crippen LogP contribution in [0, 0.1) is 0 Å². The second-order valence-electron chi connectivity index (χ2n) is 3.93. The second-order valence-corrected chi connectivity index (χ2v) is 3.93. The quantitative estimate of drug-likeness (QED) is 0.695. The average Bonchev–Trinajstić information content (AvgIpc) is 2.81. The van der Waals surface area contributed by atoms with Crippen molar-refractivity contribution in [3.63, 3.8) is 0 Å². The van der Waals surface area contributed by atoms with Crippen molar-refractivity contribution in [1.82, 2.24) is 15.5 Å². The Labute approximate surface area is 97.1 Å². The number of hydrogen-bond acceptors (Lipinski definition) is 4. The summed E-state index contributed by atoms with van der Waals surface area (Å²) in [6.45, 7) is 0.504. The fourth-order valence-corrected chi connectivity index (χ4v) is 1.81. The molecule has 1 aliphatic rings. The van der Waals surface area contributed by atoms with Gasteiger partial charge in [-0.05, 0) is 12.1 Å². The molecule has 1 aliphatic heterocycles. The molecule has 0 aliphatic carbocycles. The van der Waals surface area contributed by atoms with E-state index in [9.17, 15) is 4.39 Å². The summed E-state index contributed by atoms with van der Waals surface area (Å²) in [4.78, 5) is 4.09. The van der Waals surface area contributed by atoms with E-state index < -0.39 is 6.17 Å². The van der Waals surface area contributed by atoms with Crippen molar-refractivity contribution in [2.75, 3.05) is 18.4 Å². The summed E-state index contributed by atoms with van der Waals surface area (Å²) < 4.78 is 12.9. The molecule has 0 saturated heterocycles. The van der Waals surface area contributed by atoms with E-state index in [-0.39, 0.29) is 6.54 Å². The van der Waals surface area contributed by atoms with Crippen LogP contribution in [0.15, 0.2) is 29.4 Å². The van der Waals surface area contributed by atoms with Gasteiger partial charge in [0.15, 0.2) is 5.96 Å². The maximum Gasteiger partial charge on any atom is 0.196 e. The van der Waals surface area contributed by atoms with Crippen LogP contribution < -0.4 is 10.6 Å². The monoisotopic (exact) mass is 233 g/mol. The van der Waals surface area contributed by atoms with Gasteiger partial charge in [-0.1, -0.05) is 6.07 Å². The van der Waals surface area contributed by atoms with Crippen molar-refractivity contribution >= 4 is 22.5 Å². The molecule has 1 unspecified atom stereocenters. The SMILES string of the molecule is FC1CN=C(Nc2cccc3[nH]ncc23)NC1. The molecule has 0 fully saturated rings. The van der Waals surface area contributed by atoms with Crippen molar-refractivity contribution in [1.29, 1.82) is 0 Å². The Kier molecular flexibility index (Phi) is 2.40. The minimum Gasteiger partial charge on any atom is -0.353 e. The predicted octanol–water partition coefficient (Wildman–Crippen LogP) is 1.27. The minimum absolute atomic E-state index is 0.205. The number of aromatic nitrogens is 2. The molecule has 0 amide bonds. The molecule has 5 nitrogen and oxygen atoms in total. The van der Waals surface area contributed by atoms with Gasteiger partial charge >= 0.3 is 0 Å². The molecule has 3 rings (SSSR count). The van der Waals surface area contributed by atoms with E-state index in [1.165, 1.54) is 0 Å². The summed E-state index contributed by atoms with van der Waals surface area (Å²) in [6.07, 6.45) is 0.851. The highest BCUT2D eigenvalue weighted by molar-refractivity contribution is 6.02. The number of alkyl halides is 1. The van der Waals surface area contributed by atoms with Crippen LogP contribution in [0.2, 0.25) is 0 Å². The maximum atomic E-state index is 12.9. The highest BCUT2D eigenvalue weighted by Crippen LogP contribution is 2.20. The summed E-state index contributed by atoms with van der Waals surface area (Å²) in [6, 6.07) is 5.80. The largest absolute Gasteiger partial charge is 0.353 e. The summed E-state index contributed by atoms with van der Waals surface area (Å²) in [5.41, 5.74) is 1.86. The molecule has 17 heavy (non-hydrogen) atoms. The molecule has 6 heteroatoms. The van der Waals surface area contributed by atoms with E-state index in [1.807, 2.05) is 18.2 Å². The molecular weight excluding hydrogens is 221 g/mol. The molecule has 0 spiro atoms. The molecule has 2 aromatic rings. The molecule has 0 radical (unpaired) electrons. The Morgan fingerprint density at radius 3 is 3.18 bits per heavy atom. The Balaban J connectivity index is 1.87. The molecule has 1 aromatic heterocycles. The Bertz CT molecular complexity index is 562. The molecule has 0 saturated carbocycles. The standard InChI is InChI=1S/C11H12FN5/c12-7-4-13-11(14-5-7)16-9-2-1-3-10-8(9)6-15-17-10/h1-3,6-7H,4-5H2,(H,15,17)(H2,13,14,16). The first-order valence-corrected chi connectivity index (χ1v) is 5.44. The number of aromatic amines is 1. The topological polar surface area (TPSA) is 65.1 Å². The van der Waals surface area contributed by atoms with Crippen molar-refractivity contribution in [2.45, 2.75) is 6.17 Å².